The molecule has 0 bridgehead atoms. The molecule has 1 aromatic carbocycles. The van der Waals surface area contributed by atoms with Crippen molar-refractivity contribution in [1.29, 1.82) is 0 Å². The number of hydrogen-bond donors (Lipinski definition) is 0. The Hall–Kier alpha value is -2.61. The maximum atomic E-state index is 12.2. The molecule has 0 N–H and O–H groups in total. The zero-order chi connectivity index (χ0) is 19.3. The van der Waals surface area contributed by atoms with Crippen molar-refractivity contribution in [2.75, 3.05) is 19.7 Å². The summed E-state index contributed by atoms with van der Waals surface area (Å²) in [6.45, 7) is 0.834. The lowest BCUT2D eigenvalue weighted by Gasteiger charge is -2.16. The highest BCUT2D eigenvalue weighted by molar-refractivity contribution is 5.89. The third-order valence-electron chi connectivity index (χ3n) is 4.11. The fourth-order valence-electron chi connectivity index (χ4n) is 2.84. The predicted molar refractivity (Wildman–Crippen MR) is 91.3 cm³/mol. The number of ether oxygens (including phenoxy) is 2. The largest absolute Gasteiger partial charge is 0.468 e. The molecule has 1 aromatic heterocycles. The molecule has 144 valence electrons. The summed E-state index contributed by atoms with van der Waals surface area (Å²) in [7, 11) is 0. The highest BCUT2D eigenvalue weighted by Gasteiger charge is 2.29. The van der Waals surface area contributed by atoms with Gasteiger partial charge in [-0.1, -0.05) is 30.3 Å². The number of nitrogens with zero attached hydrogens (tertiary/aromatic N) is 2. The molecule has 2 aromatic rings. The van der Waals surface area contributed by atoms with Crippen molar-refractivity contribution < 1.29 is 27.4 Å². The van der Waals surface area contributed by atoms with Crippen LogP contribution in [-0.4, -0.2) is 47.8 Å². The molecule has 1 aliphatic rings. The van der Waals surface area contributed by atoms with Crippen molar-refractivity contribution in [2.45, 2.75) is 25.2 Å². The van der Waals surface area contributed by atoms with Gasteiger partial charge in [0.15, 0.2) is 6.61 Å². The van der Waals surface area contributed by atoms with Crippen molar-refractivity contribution in [3.63, 3.8) is 0 Å². The van der Waals surface area contributed by atoms with Gasteiger partial charge in [0, 0.05) is 31.9 Å². The standard InChI is InChI=1S/C19H19F3N2O3/c20-19(21,22)13-26-17-7-6-15(10-23-17)18(25)27-16-8-9-24(12-16)11-14-4-2-1-3-5-14/h1-7,10,16H,8-9,11-13H2/t16-/m1/s1. The molecule has 0 unspecified atom stereocenters. The first-order chi connectivity index (χ1) is 12.9. The normalized spacial score (nSPS) is 17.7. The summed E-state index contributed by atoms with van der Waals surface area (Å²) < 4.78 is 46.3. The molecule has 0 spiro atoms. The van der Waals surface area contributed by atoms with Crippen LogP contribution < -0.4 is 4.74 Å². The Balaban J connectivity index is 1.47. The van der Waals surface area contributed by atoms with E-state index in [1.54, 1.807) is 0 Å². The predicted octanol–water partition coefficient (Wildman–Crippen LogP) is 3.45. The van der Waals surface area contributed by atoms with Gasteiger partial charge in [-0.2, -0.15) is 13.2 Å². The highest BCUT2D eigenvalue weighted by Crippen LogP contribution is 2.19. The van der Waals surface area contributed by atoms with Gasteiger partial charge in [0.25, 0.3) is 0 Å². The van der Waals surface area contributed by atoms with E-state index in [9.17, 15) is 18.0 Å². The van der Waals surface area contributed by atoms with Crippen LogP contribution >= 0.6 is 0 Å². The molecule has 8 heteroatoms. The minimum Gasteiger partial charge on any atom is -0.468 e. The van der Waals surface area contributed by atoms with Crippen LogP contribution in [0.25, 0.3) is 0 Å². The van der Waals surface area contributed by atoms with Crippen LogP contribution in [0, 0.1) is 0 Å². The fourth-order valence-corrected chi connectivity index (χ4v) is 2.84. The molecule has 2 heterocycles. The van der Waals surface area contributed by atoms with Crippen molar-refractivity contribution in [1.82, 2.24) is 9.88 Å². The Labute approximate surface area is 154 Å². The van der Waals surface area contributed by atoms with Gasteiger partial charge in [0.05, 0.1) is 5.56 Å². The number of likely N-dealkylation sites (tertiary alicyclic amines) is 1. The minimum atomic E-state index is -4.44. The maximum absolute atomic E-state index is 12.2. The smallest absolute Gasteiger partial charge is 0.422 e. The van der Waals surface area contributed by atoms with Gasteiger partial charge >= 0.3 is 12.1 Å². The van der Waals surface area contributed by atoms with Gasteiger partial charge in [0.2, 0.25) is 5.88 Å². The van der Waals surface area contributed by atoms with Crippen LogP contribution in [0.3, 0.4) is 0 Å². The molecule has 3 rings (SSSR count). The Morgan fingerprint density at radius 3 is 2.63 bits per heavy atom. The fraction of sp³-hybridized carbons (Fsp3) is 0.368. The number of carbonyl (C=O) groups excluding carboxylic acids is 1. The summed E-state index contributed by atoms with van der Waals surface area (Å²) >= 11 is 0. The first-order valence-electron chi connectivity index (χ1n) is 8.52. The summed E-state index contributed by atoms with van der Waals surface area (Å²) in [5, 5.41) is 0. The van der Waals surface area contributed by atoms with Crippen LogP contribution in [0.4, 0.5) is 13.2 Å². The lowest BCUT2D eigenvalue weighted by atomic mass is 10.2. The number of esters is 1. The molecule has 0 saturated carbocycles. The molecule has 0 amide bonds. The van der Waals surface area contributed by atoms with E-state index >= 15 is 0 Å². The second-order valence-electron chi connectivity index (χ2n) is 6.33. The van der Waals surface area contributed by atoms with E-state index < -0.39 is 18.8 Å². The van der Waals surface area contributed by atoms with Crippen LogP contribution in [0.1, 0.15) is 22.3 Å². The molecule has 5 nitrogen and oxygen atoms in total. The molecule has 1 saturated heterocycles. The van der Waals surface area contributed by atoms with E-state index in [2.05, 4.69) is 14.6 Å². The molecular weight excluding hydrogens is 361 g/mol. The third kappa shape index (κ3) is 5.96. The summed E-state index contributed by atoms with van der Waals surface area (Å²) in [4.78, 5) is 18.1. The van der Waals surface area contributed by atoms with Crippen molar-refractivity contribution in [2.24, 2.45) is 0 Å². The monoisotopic (exact) mass is 380 g/mol. The summed E-state index contributed by atoms with van der Waals surface area (Å²) in [5.74, 6) is -0.741. The number of carbonyl (C=O) groups is 1. The van der Waals surface area contributed by atoms with Crippen molar-refractivity contribution >= 4 is 5.97 Å². The Kier molecular flexibility index (Phi) is 5.95. The Morgan fingerprint density at radius 2 is 1.96 bits per heavy atom. The van der Waals surface area contributed by atoms with Crippen LogP contribution in [0.2, 0.25) is 0 Å². The molecule has 27 heavy (non-hydrogen) atoms. The van der Waals surface area contributed by atoms with Gasteiger partial charge in [-0.25, -0.2) is 9.78 Å². The average Bonchev–Trinajstić information content (AvgIpc) is 3.07. The van der Waals surface area contributed by atoms with E-state index in [0.717, 1.165) is 25.7 Å². The van der Waals surface area contributed by atoms with Gasteiger partial charge in [0.1, 0.15) is 6.10 Å². The summed E-state index contributed by atoms with van der Waals surface area (Å²) in [6.07, 6.45) is -2.76. The first-order valence-corrected chi connectivity index (χ1v) is 8.52. The van der Waals surface area contributed by atoms with Crippen molar-refractivity contribution in [3.05, 3.63) is 59.8 Å². The topological polar surface area (TPSA) is 51.7 Å². The zero-order valence-corrected chi connectivity index (χ0v) is 14.5. The Morgan fingerprint density at radius 1 is 1.19 bits per heavy atom. The van der Waals surface area contributed by atoms with Crippen LogP contribution in [-0.2, 0) is 11.3 Å². The molecular formula is C19H19F3N2O3. The zero-order valence-electron chi connectivity index (χ0n) is 14.5. The first kappa shape index (κ1) is 19.2. The van der Waals surface area contributed by atoms with E-state index in [4.69, 9.17) is 4.74 Å². The number of halogens is 3. The van der Waals surface area contributed by atoms with Crippen molar-refractivity contribution in [3.8, 4) is 5.88 Å². The molecule has 0 aliphatic carbocycles. The highest BCUT2D eigenvalue weighted by atomic mass is 19.4. The number of rotatable bonds is 6. The number of hydrogen-bond acceptors (Lipinski definition) is 5. The number of pyridine rings is 1. The molecule has 1 aliphatic heterocycles. The minimum absolute atomic E-state index is 0.177. The molecule has 1 atom stereocenters. The second kappa shape index (κ2) is 8.39. The summed E-state index contributed by atoms with van der Waals surface area (Å²) in [5.41, 5.74) is 1.37. The van der Waals surface area contributed by atoms with Crippen LogP contribution in [0.15, 0.2) is 48.7 Å². The number of alkyl halides is 3. The van der Waals surface area contributed by atoms with Gasteiger partial charge in [-0.15, -0.1) is 0 Å². The van der Waals surface area contributed by atoms with E-state index in [1.807, 2.05) is 30.3 Å². The lowest BCUT2D eigenvalue weighted by molar-refractivity contribution is -0.154. The van der Waals surface area contributed by atoms with Gasteiger partial charge in [-0.3, -0.25) is 4.90 Å². The third-order valence-corrected chi connectivity index (χ3v) is 4.11. The van der Waals surface area contributed by atoms with Gasteiger partial charge in [-0.05, 0) is 18.1 Å². The molecule has 0 radical (unpaired) electrons. The van der Waals surface area contributed by atoms with Gasteiger partial charge < -0.3 is 9.47 Å². The summed E-state index contributed by atoms with van der Waals surface area (Å²) in [6, 6.07) is 12.6. The Bertz CT molecular complexity index is 751. The number of aromatic nitrogens is 1. The van der Waals surface area contributed by atoms with Crippen LogP contribution in [0.5, 0.6) is 5.88 Å². The van der Waals surface area contributed by atoms with E-state index in [0.29, 0.717) is 6.54 Å². The maximum Gasteiger partial charge on any atom is 0.422 e. The number of benzene rings is 1. The second-order valence-corrected chi connectivity index (χ2v) is 6.33. The van der Waals surface area contributed by atoms with E-state index in [1.165, 1.54) is 17.7 Å². The van der Waals surface area contributed by atoms with E-state index in [-0.39, 0.29) is 17.5 Å². The lowest BCUT2D eigenvalue weighted by Crippen LogP contribution is -2.25. The average molecular weight is 380 g/mol. The SMILES string of the molecule is O=C(O[C@@H]1CCN(Cc2ccccc2)C1)c1ccc(OCC(F)(F)F)nc1. The molecule has 1 fully saturated rings. The quantitative estimate of drug-likeness (QED) is 0.719.